The van der Waals surface area contributed by atoms with E-state index < -0.39 is 0 Å². The zero-order chi connectivity index (χ0) is 17.8. The van der Waals surface area contributed by atoms with Gasteiger partial charge in [-0.1, -0.05) is 12.1 Å². The van der Waals surface area contributed by atoms with Gasteiger partial charge in [0.25, 0.3) is 5.91 Å². The largest absolute Gasteiger partial charge is 0.508 e. The van der Waals surface area contributed by atoms with Crippen LogP contribution in [-0.2, 0) is 0 Å². The first-order valence-corrected chi connectivity index (χ1v) is 8.64. The van der Waals surface area contributed by atoms with Crippen molar-refractivity contribution < 1.29 is 14.6 Å². The summed E-state index contributed by atoms with van der Waals surface area (Å²) in [6.45, 7) is 1.86. The molecule has 0 aliphatic heterocycles. The van der Waals surface area contributed by atoms with Crippen molar-refractivity contribution in [2.24, 2.45) is 0 Å². The Morgan fingerprint density at radius 3 is 2.68 bits per heavy atom. The van der Waals surface area contributed by atoms with Gasteiger partial charge in [0.05, 0.1) is 13.2 Å². The van der Waals surface area contributed by atoms with Gasteiger partial charge >= 0.3 is 0 Å². The number of nitrogens with one attached hydrogen (secondary N) is 1. The molecule has 0 saturated heterocycles. The summed E-state index contributed by atoms with van der Waals surface area (Å²) >= 11 is 1.42. The van der Waals surface area contributed by atoms with Gasteiger partial charge in [0.2, 0.25) is 0 Å². The number of ether oxygens (including phenoxy) is 1. The lowest BCUT2D eigenvalue weighted by Crippen LogP contribution is -2.26. The van der Waals surface area contributed by atoms with E-state index in [4.69, 9.17) is 4.74 Å². The lowest BCUT2D eigenvalue weighted by atomic mass is 10.1. The molecule has 0 aliphatic carbocycles. The monoisotopic (exact) mass is 354 g/mol. The van der Waals surface area contributed by atoms with E-state index in [0.29, 0.717) is 5.69 Å². The summed E-state index contributed by atoms with van der Waals surface area (Å²) in [6, 6.07) is 14.1. The number of carbonyl (C=O) groups is 1. The highest BCUT2D eigenvalue weighted by molar-refractivity contribution is 7.13. The number of aromatic nitrogens is 1. The van der Waals surface area contributed by atoms with E-state index in [1.165, 1.54) is 11.3 Å². The van der Waals surface area contributed by atoms with Crippen LogP contribution in [0, 0.1) is 0 Å². The van der Waals surface area contributed by atoms with Gasteiger partial charge in [-0.2, -0.15) is 0 Å². The van der Waals surface area contributed by atoms with E-state index in [0.717, 1.165) is 21.9 Å². The maximum absolute atomic E-state index is 12.4. The van der Waals surface area contributed by atoms with Crippen LogP contribution in [0.2, 0.25) is 0 Å². The normalized spacial score (nSPS) is 11.8. The third-order valence-corrected chi connectivity index (χ3v) is 4.68. The number of hydrogen-bond donors (Lipinski definition) is 2. The number of methoxy groups -OCH3 is 1. The molecule has 1 unspecified atom stereocenters. The summed E-state index contributed by atoms with van der Waals surface area (Å²) < 4.78 is 5.14. The summed E-state index contributed by atoms with van der Waals surface area (Å²) in [7, 11) is 1.62. The third-order valence-electron chi connectivity index (χ3n) is 3.79. The number of rotatable bonds is 5. The van der Waals surface area contributed by atoms with Crippen LogP contribution in [0.25, 0.3) is 10.6 Å². The smallest absolute Gasteiger partial charge is 0.271 e. The van der Waals surface area contributed by atoms with Crippen LogP contribution in [0.15, 0.2) is 53.9 Å². The van der Waals surface area contributed by atoms with Crippen molar-refractivity contribution >= 4 is 17.2 Å². The third kappa shape index (κ3) is 3.97. The quantitative estimate of drug-likeness (QED) is 0.726. The van der Waals surface area contributed by atoms with Crippen molar-refractivity contribution in [3.8, 4) is 22.1 Å². The molecule has 1 amide bonds. The average Bonchev–Trinajstić information content (AvgIpc) is 3.12. The molecule has 1 aromatic heterocycles. The van der Waals surface area contributed by atoms with Gasteiger partial charge in [-0.3, -0.25) is 4.79 Å². The number of amides is 1. The molecule has 0 radical (unpaired) electrons. The second-order valence-corrected chi connectivity index (χ2v) is 6.41. The Labute approximate surface area is 149 Å². The van der Waals surface area contributed by atoms with Crippen LogP contribution in [0.1, 0.15) is 29.0 Å². The highest BCUT2D eigenvalue weighted by Gasteiger charge is 2.15. The van der Waals surface area contributed by atoms with Gasteiger partial charge in [0.1, 0.15) is 22.2 Å². The van der Waals surface area contributed by atoms with E-state index >= 15 is 0 Å². The molecule has 2 N–H and O–H groups in total. The highest BCUT2D eigenvalue weighted by Crippen LogP contribution is 2.26. The maximum Gasteiger partial charge on any atom is 0.271 e. The zero-order valence-electron chi connectivity index (χ0n) is 13.9. The molecule has 0 spiro atoms. The fourth-order valence-corrected chi connectivity index (χ4v) is 3.20. The van der Waals surface area contributed by atoms with E-state index in [2.05, 4.69) is 10.3 Å². The standard InChI is InChI=1S/C19H18N2O3S/c1-12(14-4-3-5-15(22)10-14)20-18(23)17-11-25-19(21-17)13-6-8-16(24-2)9-7-13/h3-12,22H,1-2H3,(H,20,23). The van der Waals surface area contributed by atoms with Crippen LogP contribution in [0.3, 0.4) is 0 Å². The van der Waals surface area contributed by atoms with E-state index in [1.807, 2.05) is 37.3 Å². The molecule has 0 bridgehead atoms. The van der Waals surface area contributed by atoms with Crippen LogP contribution in [0.5, 0.6) is 11.5 Å². The molecule has 128 valence electrons. The van der Waals surface area contributed by atoms with E-state index in [1.54, 1.807) is 30.7 Å². The summed E-state index contributed by atoms with van der Waals surface area (Å²) in [6.07, 6.45) is 0. The summed E-state index contributed by atoms with van der Waals surface area (Å²) in [5.41, 5.74) is 2.15. The fraction of sp³-hybridized carbons (Fsp3) is 0.158. The van der Waals surface area contributed by atoms with Crippen LogP contribution in [0.4, 0.5) is 0 Å². The molecule has 6 heteroatoms. The minimum Gasteiger partial charge on any atom is -0.508 e. The van der Waals surface area contributed by atoms with Gasteiger partial charge in [-0.25, -0.2) is 4.98 Å². The molecule has 25 heavy (non-hydrogen) atoms. The van der Waals surface area contributed by atoms with Crippen LogP contribution < -0.4 is 10.1 Å². The minimum atomic E-state index is -0.244. The minimum absolute atomic E-state index is 0.175. The number of nitrogens with zero attached hydrogens (tertiary/aromatic N) is 1. The first-order chi connectivity index (χ1) is 12.1. The Morgan fingerprint density at radius 2 is 2.00 bits per heavy atom. The fourth-order valence-electron chi connectivity index (χ4n) is 2.39. The van der Waals surface area contributed by atoms with Crippen LogP contribution in [-0.4, -0.2) is 23.1 Å². The number of benzene rings is 2. The first-order valence-electron chi connectivity index (χ1n) is 7.76. The first kappa shape index (κ1) is 17.0. The molecule has 2 aromatic carbocycles. The lowest BCUT2D eigenvalue weighted by Gasteiger charge is -2.13. The van der Waals surface area contributed by atoms with E-state index in [9.17, 15) is 9.90 Å². The molecular formula is C19H18N2O3S. The van der Waals surface area contributed by atoms with Gasteiger partial charge in [-0.05, 0) is 48.9 Å². The summed E-state index contributed by atoms with van der Waals surface area (Å²) in [4.78, 5) is 16.8. The van der Waals surface area contributed by atoms with Gasteiger partial charge in [0, 0.05) is 10.9 Å². The Kier molecular flexibility index (Phi) is 5.00. The van der Waals surface area contributed by atoms with Gasteiger partial charge < -0.3 is 15.2 Å². The van der Waals surface area contributed by atoms with Crippen LogP contribution >= 0.6 is 11.3 Å². The number of phenols is 1. The molecule has 3 rings (SSSR count). The number of carbonyl (C=O) groups excluding carboxylic acids is 1. The molecule has 3 aromatic rings. The molecule has 0 fully saturated rings. The number of phenolic OH excluding ortho intramolecular Hbond substituents is 1. The van der Waals surface area contributed by atoms with Crippen molar-refractivity contribution in [3.63, 3.8) is 0 Å². The zero-order valence-corrected chi connectivity index (χ0v) is 14.7. The molecular weight excluding hydrogens is 336 g/mol. The molecule has 1 heterocycles. The second-order valence-electron chi connectivity index (χ2n) is 5.56. The summed E-state index contributed by atoms with van der Waals surface area (Å²) in [5, 5.41) is 15.0. The molecule has 0 aliphatic rings. The Bertz CT molecular complexity index is 874. The summed E-state index contributed by atoms with van der Waals surface area (Å²) in [5.74, 6) is 0.708. The predicted molar refractivity (Wildman–Crippen MR) is 98.1 cm³/mol. The predicted octanol–water partition coefficient (Wildman–Crippen LogP) is 4.02. The Hall–Kier alpha value is -2.86. The van der Waals surface area contributed by atoms with Gasteiger partial charge in [0.15, 0.2) is 0 Å². The molecule has 1 atom stereocenters. The Morgan fingerprint density at radius 1 is 1.24 bits per heavy atom. The average molecular weight is 354 g/mol. The van der Waals surface area contributed by atoms with Crippen molar-refractivity contribution in [2.45, 2.75) is 13.0 Å². The second kappa shape index (κ2) is 7.36. The van der Waals surface area contributed by atoms with Crippen molar-refractivity contribution in [2.75, 3.05) is 7.11 Å². The van der Waals surface area contributed by atoms with Crippen molar-refractivity contribution in [3.05, 3.63) is 65.2 Å². The van der Waals surface area contributed by atoms with Gasteiger partial charge in [-0.15, -0.1) is 11.3 Å². The maximum atomic E-state index is 12.4. The highest BCUT2D eigenvalue weighted by atomic mass is 32.1. The number of thiazole rings is 1. The topological polar surface area (TPSA) is 71.5 Å². The number of aromatic hydroxyl groups is 1. The SMILES string of the molecule is COc1ccc(-c2nc(C(=O)NC(C)c3cccc(O)c3)cs2)cc1. The van der Waals surface area contributed by atoms with Crippen molar-refractivity contribution in [1.82, 2.24) is 10.3 Å². The van der Waals surface area contributed by atoms with Crippen molar-refractivity contribution in [1.29, 1.82) is 0 Å². The molecule has 0 saturated carbocycles. The lowest BCUT2D eigenvalue weighted by molar-refractivity contribution is 0.0935. The number of hydrogen-bond acceptors (Lipinski definition) is 5. The van der Waals surface area contributed by atoms with E-state index in [-0.39, 0.29) is 17.7 Å². The Balaban J connectivity index is 1.71. The molecule has 5 nitrogen and oxygen atoms in total.